The van der Waals surface area contributed by atoms with Gasteiger partial charge in [0.05, 0.1) is 6.54 Å². The highest BCUT2D eigenvalue weighted by Crippen LogP contribution is 2.07. The molecular weight excluding hydrogens is 272 g/mol. The molecule has 2 amide bonds. The van der Waals surface area contributed by atoms with Crippen molar-refractivity contribution in [2.45, 2.75) is 32.2 Å². The highest BCUT2D eigenvalue weighted by molar-refractivity contribution is 5.82. The van der Waals surface area contributed by atoms with Crippen LogP contribution in [0.25, 0.3) is 0 Å². The molecule has 6 nitrogen and oxygen atoms in total. The molecule has 1 atom stereocenters. The Hall–Kier alpha value is -2.24. The molecule has 116 valence electrons. The number of aliphatic carboxylic acids is 1. The van der Waals surface area contributed by atoms with E-state index in [1.54, 1.807) is 0 Å². The second-order valence-electron chi connectivity index (χ2n) is 4.59. The van der Waals surface area contributed by atoms with Gasteiger partial charge in [0.1, 0.15) is 18.4 Å². The number of amides is 2. The summed E-state index contributed by atoms with van der Waals surface area (Å²) in [4.78, 5) is 22.6. The summed E-state index contributed by atoms with van der Waals surface area (Å²) in [6.45, 7) is 2.60. The Bertz CT molecular complexity index is 437. The number of ether oxygens (including phenoxy) is 1. The number of unbranched alkanes of at least 4 members (excludes halogenated alkanes) is 1. The highest BCUT2D eigenvalue weighted by atomic mass is 16.5. The van der Waals surface area contributed by atoms with Crippen LogP contribution in [0.5, 0.6) is 5.75 Å². The number of hydrogen-bond donors (Lipinski definition) is 3. The van der Waals surface area contributed by atoms with Crippen LogP contribution in [0.1, 0.15) is 26.2 Å². The normalized spacial score (nSPS) is 11.5. The number of rotatable bonds is 9. The summed E-state index contributed by atoms with van der Waals surface area (Å²) in [5, 5.41) is 14.0. The molecular formula is C15H22N2O4. The molecule has 0 radical (unpaired) electrons. The van der Waals surface area contributed by atoms with Crippen molar-refractivity contribution in [1.82, 2.24) is 10.6 Å². The predicted molar refractivity (Wildman–Crippen MR) is 79.4 cm³/mol. The Morgan fingerprint density at radius 1 is 1.29 bits per heavy atom. The van der Waals surface area contributed by atoms with Crippen molar-refractivity contribution in [2.24, 2.45) is 0 Å². The van der Waals surface area contributed by atoms with E-state index in [4.69, 9.17) is 9.84 Å². The van der Waals surface area contributed by atoms with Crippen LogP contribution in [0.4, 0.5) is 4.79 Å². The SMILES string of the molecule is CCCCC(NC(=O)NCCOc1ccccc1)C(=O)O. The van der Waals surface area contributed by atoms with Gasteiger partial charge in [0.2, 0.25) is 0 Å². The molecule has 0 aliphatic carbocycles. The first kappa shape index (κ1) is 16.8. The van der Waals surface area contributed by atoms with Crippen molar-refractivity contribution < 1.29 is 19.4 Å². The van der Waals surface area contributed by atoms with Crippen LogP contribution in [0.3, 0.4) is 0 Å². The molecule has 0 saturated heterocycles. The van der Waals surface area contributed by atoms with Crippen LogP contribution in [0.2, 0.25) is 0 Å². The Balaban J connectivity index is 2.21. The number of para-hydroxylation sites is 1. The number of urea groups is 1. The van der Waals surface area contributed by atoms with E-state index in [-0.39, 0.29) is 0 Å². The van der Waals surface area contributed by atoms with E-state index in [9.17, 15) is 9.59 Å². The maximum atomic E-state index is 11.6. The summed E-state index contributed by atoms with van der Waals surface area (Å²) < 4.78 is 5.41. The zero-order valence-electron chi connectivity index (χ0n) is 12.2. The highest BCUT2D eigenvalue weighted by Gasteiger charge is 2.18. The summed E-state index contributed by atoms with van der Waals surface area (Å²) >= 11 is 0. The van der Waals surface area contributed by atoms with Crippen LogP contribution >= 0.6 is 0 Å². The third-order valence-corrected chi connectivity index (χ3v) is 2.85. The molecule has 1 rings (SSSR count). The van der Waals surface area contributed by atoms with Gasteiger partial charge < -0.3 is 20.5 Å². The number of carboxylic acids is 1. The molecule has 1 aromatic carbocycles. The minimum atomic E-state index is -1.01. The van der Waals surface area contributed by atoms with Crippen molar-refractivity contribution >= 4 is 12.0 Å². The lowest BCUT2D eigenvalue weighted by atomic mass is 10.1. The van der Waals surface area contributed by atoms with Crippen molar-refractivity contribution in [2.75, 3.05) is 13.2 Å². The fourth-order valence-electron chi connectivity index (χ4n) is 1.73. The summed E-state index contributed by atoms with van der Waals surface area (Å²) in [5.41, 5.74) is 0. The van der Waals surface area contributed by atoms with Crippen LogP contribution in [-0.4, -0.2) is 36.3 Å². The molecule has 1 aromatic rings. The Morgan fingerprint density at radius 3 is 2.62 bits per heavy atom. The molecule has 0 bridgehead atoms. The number of hydrogen-bond acceptors (Lipinski definition) is 3. The van der Waals surface area contributed by atoms with Gasteiger partial charge in [-0.15, -0.1) is 0 Å². The molecule has 0 aliphatic heterocycles. The third-order valence-electron chi connectivity index (χ3n) is 2.85. The first-order chi connectivity index (χ1) is 10.1. The largest absolute Gasteiger partial charge is 0.492 e. The van der Waals surface area contributed by atoms with Crippen LogP contribution in [0.15, 0.2) is 30.3 Å². The van der Waals surface area contributed by atoms with Crippen molar-refractivity contribution in [3.8, 4) is 5.75 Å². The van der Waals surface area contributed by atoms with E-state index in [0.29, 0.717) is 19.6 Å². The fraction of sp³-hybridized carbons (Fsp3) is 0.467. The predicted octanol–water partition coefficient (Wildman–Crippen LogP) is 2.01. The number of carbonyl (C=O) groups excluding carboxylic acids is 1. The number of nitrogens with one attached hydrogen (secondary N) is 2. The average Bonchev–Trinajstić information content (AvgIpc) is 2.48. The molecule has 6 heteroatoms. The van der Waals surface area contributed by atoms with Gasteiger partial charge >= 0.3 is 12.0 Å². The minimum Gasteiger partial charge on any atom is -0.492 e. The molecule has 21 heavy (non-hydrogen) atoms. The molecule has 0 heterocycles. The maximum Gasteiger partial charge on any atom is 0.326 e. The summed E-state index contributed by atoms with van der Waals surface area (Å²) in [6.07, 6.45) is 2.08. The quantitative estimate of drug-likeness (QED) is 0.608. The van der Waals surface area contributed by atoms with Crippen molar-refractivity contribution in [1.29, 1.82) is 0 Å². The Kier molecular flexibility index (Phi) is 7.71. The summed E-state index contributed by atoms with van der Waals surface area (Å²) in [5.74, 6) is -0.287. The smallest absolute Gasteiger partial charge is 0.326 e. The van der Waals surface area contributed by atoms with Crippen molar-refractivity contribution in [3.63, 3.8) is 0 Å². The third kappa shape index (κ3) is 7.20. The Labute approximate surface area is 124 Å². The minimum absolute atomic E-state index is 0.306. The first-order valence-electron chi connectivity index (χ1n) is 7.08. The van der Waals surface area contributed by atoms with Gasteiger partial charge in [-0.25, -0.2) is 9.59 Å². The van der Waals surface area contributed by atoms with E-state index in [1.807, 2.05) is 37.3 Å². The van der Waals surface area contributed by atoms with Crippen LogP contribution in [0, 0.1) is 0 Å². The maximum absolute atomic E-state index is 11.6. The zero-order valence-corrected chi connectivity index (χ0v) is 12.2. The van der Waals surface area contributed by atoms with E-state index in [2.05, 4.69) is 10.6 Å². The van der Waals surface area contributed by atoms with E-state index < -0.39 is 18.0 Å². The lowest BCUT2D eigenvalue weighted by Gasteiger charge is -2.15. The molecule has 1 unspecified atom stereocenters. The zero-order chi connectivity index (χ0) is 15.5. The standard InChI is InChI=1S/C15H22N2O4/c1-2-3-9-13(14(18)19)17-15(20)16-10-11-21-12-7-5-4-6-8-12/h4-8,13H,2-3,9-11H2,1H3,(H,18,19)(H2,16,17,20). The fourth-order valence-corrected chi connectivity index (χ4v) is 1.73. The van der Waals surface area contributed by atoms with Gasteiger partial charge in [-0.2, -0.15) is 0 Å². The van der Waals surface area contributed by atoms with Gasteiger partial charge in [-0.3, -0.25) is 0 Å². The van der Waals surface area contributed by atoms with Gasteiger partial charge in [0.25, 0.3) is 0 Å². The van der Waals surface area contributed by atoms with E-state index in [0.717, 1.165) is 18.6 Å². The molecule has 0 aliphatic rings. The second-order valence-corrected chi connectivity index (χ2v) is 4.59. The number of carbonyl (C=O) groups is 2. The van der Waals surface area contributed by atoms with Crippen LogP contribution in [-0.2, 0) is 4.79 Å². The first-order valence-corrected chi connectivity index (χ1v) is 7.08. The van der Waals surface area contributed by atoms with E-state index in [1.165, 1.54) is 0 Å². The summed E-state index contributed by atoms with van der Waals surface area (Å²) in [7, 11) is 0. The summed E-state index contributed by atoms with van der Waals surface area (Å²) in [6, 6.07) is 7.92. The van der Waals surface area contributed by atoms with Crippen LogP contribution < -0.4 is 15.4 Å². The average molecular weight is 294 g/mol. The van der Waals surface area contributed by atoms with Gasteiger partial charge in [0.15, 0.2) is 0 Å². The van der Waals surface area contributed by atoms with Gasteiger partial charge in [-0.05, 0) is 18.6 Å². The molecule has 0 fully saturated rings. The number of benzene rings is 1. The van der Waals surface area contributed by atoms with Crippen molar-refractivity contribution in [3.05, 3.63) is 30.3 Å². The molecule has 3 N–H and O–H groups in total. The van der Waals surface area contributed by atoms with Gasteiger partial charge in [0, 0.05) is 0 Å². The lowest BCUT2D eigenvalue weighted by molar-refractivity contribution is -0.139. The number of carboxylic acid groups (broad SMARTS) is 1. The monoisotopic (exact) mass is 294 g/mol. The Morgan fingerprint density at radius 2 is 2.00 bits per heavy atom. The van der Waals surface area contributed by atoms with E-state index >= 15 is 0 Å². The molecule has 0 spiro atoms. The van der Waals surface area contributed by atoms with Gasteiger partial charge in [-0.1, -0.05) is 38.0 Å². The lowest BCUT2D eigenvalue weighted by Crippen LogP contribution is -2.46. The molecule has 0 saturated carbocycles. The topological polar surface area (TPSA) is 87.7 Å². The molecule has 0 aromatic heterocycles. The second kappa shape index (κ2) is 9.63.